The number of hydrogen-bond donors (Lipinski definition) is 2. The van der Waals surface area contributed by atoms with E-state index in [1.165, 1.54) is 24.5 Å². The van der Waals surface area contributed by atoms with E-state index in [1.807, 2.05) is 12.1 Å². The van der Waals surface area contributed by atoms with Gasteiger partial charge in [-0.2, -0.15) is 5.26 Å². The fraction of sp³-hybridized carbons (Fsp3) is 0.130. The SMILES string of the molecule is CS(=O)(=O)c1ccccc1-c1nc2cc(F)ccc2cc1CCNc1ncnc(N)c1C#N. The molecule has 0 saturated carbocycles. The Kier molecular flexibility index (Phi) is 5.89. The van der Waals surface area contributed by atoms with Crippen LogP contribution in [-0.4, -0.2) is 36.2 Å². The molecule has 0 aliphatic carbocycles. The van der Waals surface area contributed by atoms with Crippen molar-refractivity contribution in [1.82, 2.24) is 15.0 Å². The first-order valence-electron chi connectivity index (χ1n) is 9.91. The predicted molar refractivity (Wildman–Crippen MR) is 124 cm³/mol. The first kappa shape index (κ1) is 22.1. The summed E-state index contributed by atoms with van der Waals surface area (Å²) in [5.74, 6) is -0.0526. The molecule has 166 valence electrons. The van der Waals surface area contributed by atoms with E-state index >= 15 is 0 Å². The Morgan fingerprint density at radius 2 is 1.94 bits per heavy atom. The van der Waals surface area contributed by atoms with Crippen LogP contribution in [-0.2, 0) is 16.3 Å². The summed E-state index contributed by atoms with van der Waals surface area (Å²) >= 11 is 0. The molecule has 2 aromatic carbocycles. The van der Waals surface area contributed by atoms with Gasteiger partial charge < -0.3 is 11.1 Å². The van der Waals surface area contributed by atoms with E-state index in [9.17, 15) is 18.1 Å². The third kappa shape index (κ3) is 4.58. The smallest absolute Gasteiger partial charge is 0.176 e. The summed E-state index contributed by atoms with van der Waals surface area (Å²) in [7, 11) is -3.53. The highest BCUT2D eigenvalue weighted by molar-refractivity contribution is 7.90. The molecule has 0 fully saturated rings. The van der Waals surface area contributed by atoms with Crippen LogP contribution in [0.3, 0.4) is 0 Å². The van der Waals surface area contributed by atoms with Crippen LogP contribution in [0.1, 0.15) is 11.1 Å². The Morgan fingerprint density at radius 1 is 1.15 bits per heavy atom. The van der Waals surface area contributed by atoms with E-state index in [0.717, 1.165) is 17.2 Å². The van der Waals surface area contributed by atoms with E-state index in [2.05, 4.69) is 20.3 Å². The van der Waals surface area contributed by atoms with E-state index < -0.39 is 15.7 Å². The topological polar surface area (TPSA) is 135 Å². The number of nitrogen functional groups attached to an aromatic ring is 1. The quantitative estimate of drug-likeness (QED) is 0.445. The summed E-state index contributed by atoms with van der Waals surface area (Å²) in [4.78, 5) is 12.6. The lowest BCUT2D eigenvalue weighted by atomic mass is 10.0. The van der Waals surface area contributed by atoms with E-state index in [-0.39, 0.29) is 16.3 Å². The van der Waals surface area contributed by atoms with Gasteiger partial charge in [0.25, 0.3) is 0 Å². The summed E-state index contributed by atoms with van der Waals surface area (Å²) in [6.07, 6.45) is 2.82. The van der Waals surface area contributed by atoms with Gasteiger partial charge in [0.05, 0.1) is 16.1 Å². The van der Waals surface area contributed by atoms with Gasteiger partial charge in [0, 0.05) is 29.8 Å². The molecule has 10 heteroatoms. The fourth-order valence-electron chi connectivity index (χ4n) is 3.55. The van der Waals surface area contributed by atoms with Gasteiger partial charge in [-0.3, -0.25) is 0 Å². The summed E-state index contributed by atoms with van der Waals surface area (Å²) in [6, 6.07) is 14.7. The number of fused-ring (bicyclic) bond motifs is 1. The van der Waals surface area contributed by atoms with Gasteiger partial charge in [0.2, 0.25) is 0 Å². The monoisotopic (exact) mass is 462 g/mol. The Labute approximate surface area is 189 Å². The van der Waals surface area contributed by atoms with Gasteiger partial charge in [0.1, 0.15) is 35.4 Å². The molecule has 0 aliphatic heterocycles. The largest absolute Gasteiger partial charge is 0.382 e. The van der Waals surface area contributed by atoms with Crippen molar-refractivity contribution < 1.29 is 12.8 Å². The maximum absolute atomic E-state index is 13.8. The predicted octanol–water partition coefficient (Wildman–Crippen LogP) is 3.34. The summed E-state index contributed by atoms with van der Waals surface area (Å²) in [6.45, 7) is 0.355. The number of nitrogens with two attached hydrogens (primary N) is 1. The molecular formula is C23H19FN6O2S. The highest BCUT2D eigenvalue weighted by Gasteiger charge is 2.19. The standard InChI is InChI=1S/C23H19FN6O2S/c1-33(31,32)20-5-3-2-4-17(20)21-15(10-14-6-7-16(24)11-19(14)30-21)8-9-27-23-18(12-25)22(26)28-13-29-23/h2-7,10-11,13H,8-9H2,1H3,(H3,26,27,28,29). The number of pyridine rings is 1. The van der Waals surface area contributed by atoms with Crippen molar-refractivity contribution in [1.29, 1.82) is 5.26 Å². The second-order valence-electron chi connectivity index (χ2n) is 7.37. The van der Waals surface area contributed by atoms with Gasteiger partial charge >= 0.3 is 0 Å². The van der Waals surface area contributed by atoms with Crippen LogP contribution < -0.4 is 11.1 Å². The van der Waals surface area contributed by atoms with E-state index in [4.69, 9.17) is 5.73 Å². The van der Waals surface area contributed by atoms with Crippen LogP contribution in [0.4, 0.5) is 16.0 Å². The van der Waals surface area contributed by atoms with Crippen molar-refractivity contribution in [3.05, 3.63) is 71.8 Å². The molecule has 0 amide bonds. The Bertz CT molecular complexity index is 1520. The van der Waals surface area contributed by atoms with Crippen LogP contribution in [0.15, 0.2) is 59.8 Å². The van der Waals surface area contributed by atoms with Crippen LogP contribution in [0.5, 0.6) is 0 Å². The Balaban J connectivity index is 1.78. The number of sulfone groups is 1. The van der Waals surface area contributed by atoms with Crippen LogP contribution in [0.2, 0.25) is 0 Å². The average Bonchev–Trinajstić information content (AvgIpc) is 2.78. The molecule has 0 spiro atoms. The van der Waals surface area contributed by atoms with Crippen molar-refractivity contribution in [3.8, 4) is 17.3 Å². The number of halogens is 1. The Hall–Kier alpha value is -4.10. The van der Waals surface area contributed by atoms with Gasteiger partial charge in [0.15, 0.2) is 9.84 Å². The first-order chi connectivity index (χ1) is 15.8. The Morgan fingerprint density at radius 3 is 2.70 bits per heavy atom. The molecule has 2 heterocycles. The minimum Gasteiger partial charge on any atom is -0.382 e. The minimum atomic E-state index is -3.53. The zero-order valence-corrected chi connectivity index (χ0v) is 18.4. The molecular weight excluding hydrogens is 443 g/mol. The van der Waals surface area contributed by atoms with Crippen LogP contribution >= 0.6 is 0 Å². The number of rotatable bonds is 6. The second kappa shape index (κ2) is 8.80. The molecule has 33 heavy (non-hydrogen) atoms. The number of anilines is 2. The number of nitrogens with one attached hydrogen (secondary N) is 1. The molecule has 0 unspecified atom stereocenters. The molecule has 8 nitrogen and oxygen atoms in total. The number of aromatic nitrogens is 3. The average molecular weight is 463 g/mol. The van der Waals surface area contributed by atoms with Crippen molar-refractivity contribution in [2.24, 2.45) is 0 Å². The number of nitriles is 1. The third-order valence-electron chi connectivity index (χ3n) is 5.08. The second-order valence-corrected chi connectivity index (χ2v) is 9.36. The van der Waals surface area contributed by atoms with Crippen molar-refractivity contribution in [2.75, 3.05) is 23.9 Å². The lowest BCUT2D eigenvalue weighted by Gasteiger charge is -2.15. The highest BCUT2D eigenvalue weighted by atomic mass is 32.2. The summed E-state index contributed by atoms with van der Waals surface area (Å²) < 4.78 is 38.6. The van der Waals surface area contributed by atoms with Gasteiger partial charge in [-0.1, -0.05) is 18.2 Å². The summed E-state index contributed by atoms with van der Waals surface area (Å²) in [5.41, 5.74) is 7.93. The third-order valence-corrected chi connectivity index (χ3v) is 6.23. The van der Waals surface area contributed by atoms with Crippen molar-refractivity contribution in [3.63, 3.8) is 0 Å². The van der Waals surface area contributed by atoms with Gasteiger partial charge in [-0.05, 0) is 36.2 Å². The maximum Gasteiger partial charge on any atom is 0.176 e. The van der Waals surface area contributed by atoms with Crippen molar-refractivity contribution in [2.45, 2.75) is 11.3 Å². The van der Waals surface area contributed by atoms with Gasteiger partial charge in [-0.15, -0.1) is 0 Å². The highest BCUT2D eigenvalue weighted by Crippen LogP contribution is 2.31. The molecule has 0 bridgehead atoms. The maximum atomic E-state index is 13.8. The molecule has 0 radical (unpaired) electrons. The molecule has 4 aromatic rings. The summed E-state index contributed by atoms with van der Waals surface area (Å²) in [5, 5.41) is 13.1. The first-order valence-corrected chi connectivity index (χ1v) is 11.8. The normalized spacial score (nSPS) is 11.3. The zero-order valence-electron chi connectivity index (χ0n) is 17.6. The molecule has 0 saturated heterocycles. The molecule has 3 N–H and O–H groups in total. The molecule has 2 aromatic heterocycles. The number of hydrogen-bond acceptors (Lipinski definition) is 8. The van der Waals surface area contributed by atoms with Crippen LogP contribution in [0.25, 0.3) is 22.2 Å². The molecule has 4 rings (SSSR count). The molecule has 0 atom stereocenters. The lowest BCUT2D eigenvalue weighted by Crippen LogP contribution is -2.11. The fourth-order valence-corrected chi connectivity index (χ4v) is 4.44. The van der Waals surface area contributed by atoms with E-state index in [0.29, 0.717) is 35.6 Å². The number of benzene rings is 2. The van der Waals surface area contributed by atoms with Crippen LogP contribution in [0, 0.1) is 17.1 Å². The number of nitrogens with zero attached hydrogens (tertiary/aromatic N) is 4. The van der Waals surface area contributed by atoms with Crippen molar-refractivity contribution >= 4 is 32.4 Å². The zero-order chi connectivity index (χ0) is 23.6. The van der Waals surface area contributed by atoms with E-state index in [1.54, 1.807) is 24.3 Å². The lowest BCUT2D eigenvalue weighted by molar-refractivity contribution is 0.602. The minimum absolute atomic E-state index is 0.0761. The van der Waals surface area contributed by atoms with Gasteiger partial charge in [-0.25, -0.2) is 27.8 Å². The molecule has 0 aliphatic rings.